The molecule has 0 amide bonds. The van der Waals surface area contributed by atoms with Crippen LogP contribution in [0.1, 0.15) is 28.3 Å². The van der Waals surface area contributed by atoms with Crippen LogP contribution in [-0.4, -0.2) is 7.05 Å². The van der Waals surface area contributed by atoms with E-state index in [1.165, 1.54) is 23.3 Å². The summed E-state index contributed by atoms with van der Waals surface area (Å²) in [5.74, 6) is -0.316. The summed E-state index contributed by atoms with van der Waals surface area (Å²) in [7, 11) is 1.87. The van der Waals surface area contributed by atoms with E-state index in [0.717, 1.165) is 11.1 Å². The molecule has 1 unspecified atom stereocenters. The second-order valence-corrected chi connectivity index (χ2v) is 5.14. The van der Waals surface area contributed by atoms with Gasteiger partial charge in [0, 0.05) is 5.02 Å². The van der Waals surface area contributed by atoms with Crippen molar-refractivity contribution < 1.29 is 4.39 Å². The van der Waals surface area contributed by atoms with Crippen molar-refractivity contribution >= 4 is 11.6 Å². The molecule has 2 aromatic carbocycles. The van der Waals surface area contributed by atoms with Crippen molar-refractivity contribution in [3.8, 4) is 0 Å². The summed E-state index contributed by atoms with van der Waals surface area (Å²) in [6.07, 6.45) is 0. The Morgan fingerprint density at radius 2 is 1.79 bits per heavy atom. The summed E-state index contributed by atoms with van der Waals surface area (Å²) in [6.45, 7) is 4.16. The fraction of sp³-hybridized carbons (Fsp3) is 0.250. The Kier molecular flexibility index (Phi) is 4.23. The highest BCUT2D eigenvalue weighted by Crippen LogP contribution is 2.29. The van der Waals surface area contributed by atoms with Crippen molar-refractivity contribution in [3.63, 3.8) is 0 Å². The minimum atomic E-state index is -0.316. The van der Waals surface area contributed by atoms with Gasteiger partial charge in [0.05, 0.1) is 6.04 Å². The maximum Gasteiger partial charge on any atom is 0.124 e. The van der Waals surface area contributed by atoms with E-state index in [2.05, 4.69) is 37.4 Å². The predicted molar refractivity (Wildman–Crippen MR) is 78.2 cm³/mol. The molecule has 0 radical (unpaired) electrons. The summed E-state index contributed by atoms with van der Waals surface area (Å²) in [4.78, 5) is 0. The molecule has 0 saturated heterocycles. The smallest absolute Gasteiger partial charge is 0.124 e. The van der Waals surface area contributed by atoms with Gasteiger partial charge < -0.3 is 5.32 Å². The van der Waals surface area contributed by atoms with E-state index in [-0.39, 0.29) is 11.9 Å². The fourth-order valence-corrected chi connectivity index (χ4v) is 2.46. The predicted octanol–water partition coefficient (Wildman–Crippen LogP) is 4.40. The summed E-state index contributed by atoms with van der Waals surface area (Å²) < 4.78 is 13.1. The zero-order valence-corrected chi connectivity index (χ0v) is 12.1. The number of rotatable bonds is 3. The van der Waals surface area contributed by atoms with E-state index in [0.29, 0.717) is 5.02 Å². The van der Waals surface area contributed by atoms with Crippen LogP contribution in [-0.2, 0) is 0 Å². The van der Waals surface area contributed by atoms with Gasteiger partial charge in [-0.25, -0.2) is 4.39 Å². The third kappa shape index (κ3) is 2.96. The van der Waals surface area contributed by atoms with Crippen LogP contribution in [0, 0.1) is 19.7 Å². The van der Waals surface area contributed by atoms with Crippen LogP contribution in [0.25, 0.3) is 0 Å². The van der Waals surface area contributed by atoms with E-state index >= 15 is 0 Å². The maximum absolute atomic E-state index is 13.1. The highest BCUT2D eigenvalue weighted by molar-refractivity contribution is 6.31. The molecule has 100 valence electrons. The lowest BCUT2D eigenvalue weighted by Gasteiger charge is -2.19. The Hall–Kier alpha value is -1.38. The number of hydrogen-bond acceptors (Lipinski definition) is 1. The third-order valence-electron chi connectivity index (χ3n) is 3.43. The van der Waals surface area contributed by atoms with Crippen molar-refractivity contribution in [3.05, 3.63) is 69.5 Å². The maximum atomic E-state index is 13.1. The van der Waals surface area contributed by atoms with E-state index in [4.69, 9.17) is 11.6 Å². The van der Waals surface area contributed by atoms with E-state index in [1.54, 1.807) is 6.07 Å². The first-order valence-electron chi connectivity index (χ1n) is 6.22. The van der Waals surface area contributed by atoms with E-state index in [9.17, 15) is 4.39 Å². The lowest BCUT2D eigenvalue weighted by Crippen LogP contribution is -2.18. The number of halogens is 2. The second-order valence-electron chi connectivity index (χ2n) is 4.73. The van der Waals surface area contributed by atoms with Gasteiger partial charge in [-0.05, 0) is 55.3 Å². The second kappa shape index (κ2) is 5.72. The molecule has 1 atom stereocenters. The summed E-state index contributed by atoms with van der Waals surface area (Å²) in [6, 6.07) is 10.8. The molecule has 0 fully saturated rings. The average Bonchev–Trinajstić information content (AvgIpc) is 2.37. The lowest BCUT2D eigenvalue weighted by atomic mass is 9.95. The van der Waals surface area contributed by atoms with Gasteiger partial charge in [0.2, 0.25) is 0 Å². The summed E-state index contributed by atoms with van der Waals surface area (Å²) in [5.41, 5.74) is 4.49. The van der Waals surface area contributed by atoms with Crippen molar-refractivity contribution in [1.29, 1.82) is 0 Å². The highest BCUT2D eigenvalue weighted by Gasteiger charge is 2.16. The van der Waals surface area contributed by atoms with Crippen LogP contribution >= 0.6 is 11.6 Å². The molecule has 0 aliphatic rings. The molecule has 1 N–H and O–H groups in total. The molecule has 2 rings (SSSR count). The Labute approximate surface area is 118 Å². The fourth-order valence-electron chi connectivity index (χ4n) is 2.18. The van der Waals surface area contributed by atoms with Crippen LogP contribution < -0.4 is 5.32 Å². The molecule has 0 bridgehead atoms. The quantitative estimate of drug-likeness (QED) is 0.876. The van der Waals surface area contributed by atoms with E-state index in [1.807, 2.05) is 7.05 Å². The standard InChI is InChI=1S/C16H17ClFN/c1-10-4-5-12(8-11(10)2)16(19-3)14-7-6-13(18)9-15(14)17/h4-9,16,19H,1-3H3. The van der Waals surface area contributed by atoms with Crippen LogP contribution in [0.5, 0.6) is 0 Å². The number of nitrogens with one attached hydrogen (secondary N) is 1. The highest BCUT2D eigenvalue weighted by atomic mass is 35.5. The first-order valence-corrected chi connectivity index (χ1v) is 6.60. The number of benzene rings is 2. The van der Waals surface area contributed by atoms with Crippen LogP contribution in [0.3, 0.4) is 0 Å². The Morgan fingerprint density at radius 1 is 1.05 bits per heavy atom. The van der Waals surface area contributed by atoms with Gasteiger partial charge in [-0.2, -0.15) is 0 Å². The molecule has 0 saturated carbocycles. The van der Waals surface area contributed by atoms with Gasteiger partial charge in [0.25, 0.3) is 0 Å². The van der Waals surface area contributed by atoms with Gasteiger partial charge in [-0.15, -0.1) is 0 Å². The molecule has 2 aromatic rings. The van der Waals surface area contributed by atoms with Crippen molar-refractivity contribution in [2.24, 2.45) is 0 Å². The Balaban J connectivity index is 2.46. The normalized spacial score (nSPS) is 12.5. The minimum absolute atomic E-state index is 0.0348. The third-order valence-corrected chi connectivity index (χ3v) is 3.75. The van der Waals surface area contributed by atoms with Gasteiger partial charge in [-0.3, -0.25) is 0 Å². The SMILES string of the molecule is CNC(c1ccc(C)c(C)c1)c1ccc(F)cc1Cl. The summed E-state index contributed by atoms with van der Waals surface area (Å²) in [5, 5.41) is 3.68. The first kappa shape index (κ1) is 14.0. The van der Waals surface area contributed by atoms with Gasteiger partial charge in [-0.1, -0.05) is 35.9 Å². The Bertz CT molecular complexity index is 595. The van der Waals surface area contributed by atoms with Gasteiger partial charge in [0.15, 0.2) is 0 Å². The first-order chi connectivity index (χ1) is 9.02. The molecule has 0 spiro atoms. The minimum Gasteiger partial charge on any atom is -0.309 e. The van der Waals surface area contributed by atoms with Gasteiger partial charge >= 0.3 is 0 Å². The lowest BCUT2D eigenvalue weighted by molar-refractivity contribution is 0.623. The van der Waals surface area contributed by atoms with Crippen molar-refractivity contribution in [1.82, 2.24) is 5.32 Å². The number of aryl methyl sites for hydroxylation is 2. The molecule has 0 aliphatic heterocycles. The average molecular weight is 278 g/mol. The zero-order valence-electron chi connectivity index (χ0n) is 11.3. The molecule has 0 aliphatic carbocycles. The molecular weight excluding hydrogens is 261 g/mol. The van der Waals surface area contributed by atoms with Crippen molar-refractivity contribution in [2.45, 2.75) is 19.9 Å². The molecule has 0 heterocycles. The number of hydrogen-bond donors (Lipinski definition) is 1. The molecule has 0 aromatic heterocycles. The van der Waals surface area contributed by atoms with E-state index < -0.39 is 0 Å². The molecule has 1 nitrogen and oxygen atoms in total. The van der Waals surface area contributed by atoms with Crippen LogP contribution in [0.2, 0.25) is 5.02 Å². The molecule has 3 heteroatoms. The molecule has 19 heavy (non-hydrogen) atoms. The summed E-state index contributed by atoms with van der Waals surface area (Å²) >= 11 is 6.14. The zero-order chi connectivity index (χ0) is 14.0. The van der Waals surface area contributed by atoms with Crippen LogP contribution in [0.4, 0.5) is 4.39 Å². The monoisotopic (exact) mass is 277 g/mol. The van der Waals surface area contributed by atoms with Crippen molar-refractivity contribution in [2.75, 3.05) is 7.05 Å². The van der Waals surface area contributed by atoms with Gasteiger partial charge in [0.1, 0.15) is 5.82 Å². The largest absolute Gasteiger partial charge is 0.309 e. The van der Waals surface area contributed by atoms with Crippen LogP contribution in [0.15, 0.2) is 36.4 Å². The topological polar surface area (TPSA) is 12.0 Å². The Morgan fingerprint density at radius 3 is 2.37 bits per heavy atom. The molecular formula is C16H17ClFN.